The van der Waals surface area contributed by atoms with Gasteiger partial charge in [0.25, 0.3) is 0 Å². The van der Waals surface area contributed by atoms with Crippen molar-refractivity contribution in [2.24, 2.45) is 10.9 Å². The first kappa shape index (κ1) is 16.8. The average molecular weight is 282 g/mol. The summed E-state index contributed by atoms with van der Waals surface area (Å²) in [5, 5.41) is 6.63. The van der Waals surface area contributed by atoms with Crippen LogP contribution in [0.25, 0.3) is 0 Å². The van der Waals surface area contributed by atoms with Crippen LogP contribution in [0, 0.1) is 5.92 Å². The number of carbonyl (C=O) groups excluding carboxylic acids is 1. The van der Waals surface area contributed by atoms with Crippen molar-refractivity contribution in [1.29, 1.82) is 0 Å². The zero-order chi connectivity index (χ0) is 15.0. The Morgan fingerprint density at radius 3 is 2.65 bits per heavy atom. The molecule has 1 amide bonds. The van der Waals surface area contributed by atoms with Crippen LogP contribution in [-0.4, -0.2) is 49.5 Å². The van der Waals surface area contributed by atoms with Crippen LogP contribution in [0.3, 0.4) is 0 Å². The smallest absolute Gasteiger partial charge is 0.222 e. The first-order valence-electron chi connectivity index (χ1n) is 7.82. The molecule has 2 N–H and O–H groups in total. The van der Waals surface area contributed by atoms with Gasteiger partial charge < -0.3 is 15.5 Å². The van der Waals surface area contributed by atoms with E-state index >= 15 is 0 Å². The van der Waals surface area contributed by atoms with Crippen LogP contribution >= 0.6 is 0 Å². The summed E-state index contributed by atoms with van der Waals surface area (Å²) in [6, 6.07) is 0.362. The third-order valence-corrected chi connectivity index (χ3v) is 3.69. The summed E-state index contributed by atoms with van der Waals surface area (Å²) in [5.74, 6) is 1.76. The van der Waals surface area contributed by atoms with Crippen molar-refractivity contribution in [3.63, 3.8) is 0 Å². The molecule has 1 aliphatic rings. The van der Waals surface area contributed by atoms with Gasteiger partial charge in [0.05, 0.1) is 0 Å². The number of carbonyl (C=O) groups is 1. The fourth-order valence-electron chi connectivity index (χ4n) is 2.51. The normalized spacial score (nSPS) is 17.8. The molecule has 1 fully saturated rings. The molecule has 1 aliphatic heterocycles. The second kappa shape index (κ2) is 8.82. The first-order valence-corrected chi connectivity index (χ1v) is 7.82. The molecule has 0 aliphatic carbocycles. The van der Waals surface area contributed by atoms with Gasteiger partial charge in [0.2, 0.25) is 5.91 Å². The van der Waals surface area contributed by atoms with Gasteiger partial charge in [-0.05, 0) is 25.2 Å². The Kier molecular flexibility index (Phi) is 7.41. The molecule has 0 spiro atoms. The second-order valence-corrected chi connectivity index (χ2v) is 5.82. The number of hydrogen-bond donors (Lipinski definition) is 2. The van der Waals surface area contributed by atoms with E-state index in [9.17, 15) is 4.79 Å². The monoisotopic (exact) mass is 282 g/mol. The molecule has 0 aromatic rings. The minimum absolute atomic E-state index is 0.319. The van der Waals surface area contributed by atoms with Gasteiger partial charge in [0, 0.05) is 39.1 Å². The van der Waals surface area contributed by atoms with E-state index in [-0.39, 0.29) is 0 Å². The molecule has 0 aromatic carbocycles. The molecule has 1 heterocycles. The standard InChI is InChI=1S/C15H30N4O/c1-5-13(19-10-6-7-14(19)20)8-9-17-15(16-4)18-11-12(2)3/h12-13H,5-11H2,1-4H3,(H2,16,17,18). The van der Waals surface area contributed by atoms with Crippen LogP contribution in [-0.2, 0) is 4.79 Å². The fraction of sp³-hybridized carbons (Fsp3) is 0.867. The van der Waals surface area contributed by atoms with Crippen LogP contribution in [0.2, 0.25) is 0 Å². The molecule has 20 heavy (non-hydrogen) atoms. The Labute approximate surface area is 123 Å². The molecule has 0 saturated carbocycles. The van der Waals surface area contributed by atoms with Gasteiger partial charge in [-0.1, -0.05) is 20.8 Å². The summed E-state index contributed by atoms with van der Waals surface area (Å²) < 4.78 is 0. The maximum Gasteiger partial charge on any atom is 0.222 e. The predicted molar refractivity (Wildman–Crippen MR) is 83.8 cm³/mol. The van der Waals surface area contributed by atoms with E-state index in [4.69, 9.17) is 0 Å². The van der Waals surface area contributed by atoms with E-state index in [0.717, 1.165) is 51.3 Å². The maximum absolute atomic E-state index is 11.8. The quantitative estimate of drug-likeness (QED) is 0.551. The van der Waals surface area contributed by atoms with Crippen LogP contribution in [0.1, 0.15) is 46.5 Å². The van der Waals surface area contributed by atoms with E-state index < -0.39 is 0 Å². The Balaban J connectivity index is 2.31. The third-order valence-electron chi connectivity index (χ3n) is 3.69. The average Bonchev–Trinajstić information content (AvgIpc) is 2.84. The zero-order valence-corrected chi connectivity index (χ0v) is 13.4. The van der Waals surface area contributed by atoms with Crippen molar-refractivity contribution >= 4 is 11.9 Å². The topological polar surface area (TPSA) is 56.7 Å². The molecule has 1 rings (SSSR count). The fourth-order valence-corrected chi connectivity index (χ4v) is 2.51. The van der Waals surface area contributed by atoms with Crippen LogP contribution in [0.4, 0.5) is 0 Å². The largest absolute Gasteiger partial charge is 0.356 e. The molecular formula is C15H30N4O. The van der Waals surface area contributed by atoms with Gasteiger partial charge in [0.15, 0.2) is 5.96 Å². The lowest BCUT2D eigenvalue weighted by atomic mass is 10.1. The summed E-state index contributed by atoms with van der Waals surface area (Å²) in [4.78, 5) is 18.0. The Morgan fingerprint density at radius 2 is 2.15 bits per heavy atom. The summed E-state index contributed by atoms with van der Waals surface area (Å²) in [5.41, 5.74) is 0. The second-order valence-electron chi connectivity index (χ2n) is 5.82. The third kappa shape index (κ3) is 5.39. The van der Waals surface area contributed by atoms with Crippen molar-refractivity contribution < 1.29 is 4.79 Å². The highest BCUT2D eigenvalue weighted by molar-refractivity contribution is 5.79. The lowest BCUT2D eigenvalue weighted by Gasteiger charge is -2.27. The highest BCUT2D eigenvalue weighted by Gasteiger charge is 2.26. The van der Waals surface area contributed by atoms with Crippen LogP contribution in [0.5, 0.6) is 0 Å². The van der Waals surface area contributed by atoms with Gasteiger partial charge in [-0.2, -0.15) is 0 Å². The number of nitrogens with one attached hydrogen (secondary N) is 2. The van der Waals surface area contributed by atoms with Crippen molar-refractivity contribution in [3.05, 3.63) is 0 Å². The predicted octanol–water partition coefficient (Wildman–Crippen LogP) is 1.60. The van der Waals surface area contributed by atoms with Crippen LogP contribution < -0.4 is 10.6 Å². The molecule has 1 saturated heterocycles. The van der Waals surface area contributed by atoms with Crippen molar-refractivity contribution in [3.8, 4) is 0 Å². The molecule has 0 bridgehead atoms. The van der Waals surface area contributed by atoms with Crippen molar-refractivity contribution in [1.82, 2.24) is 15.5 Å². The van der Waals surface area contributed by atoms with Gasteiger partial charge >= 0.3 is 0 Å². The molecule has 5 heteroatoms. The highest BCUT2D eigenvalue weighted by Crippen LogP contribution is 2.17. The lowest BCUT2D eigenvalue weighted by Crippen LogP contribution is -2.42. The Morgan fingerprint density at radius 1 is 1.40 bits per heavy atom. The molecule has 0 radical (unpaired) electrons. The van der Waals surface area contributed by atoms with Gasteiger partial charge in [-0.3, -0.25) is 9.79 Å². The number of likely N-dealkylation sites (tertiary alicyclic amines) is 1. The number of aliphatic imine (C=N–C) groups is 1. The summed E-state index contributed by atoms with van der Waals surface area (Å²) >= 11 is 0. The minimum Gasteiger partial charge on any atom is -0.356 e. The van der Waals surface area contributed by atoms with Crippen molar-refractivity contribution in [2.75, 3.05) is 26.7 Å². The molecule has 1 unspecified atom stereocenters. The van der Waals surface area contributed by atoms with E-state index in [1.54, 1.807) is 7.05 Å². The summed E-state index contributed by atoms with van der Waals surface area (Å²) in [7, 11) is 1.79. The number of guanidine groups is 1. The number of hydrogen-bond acceptors (Lipinski definition) is 2. The number of nitrogens with zero attached hydrogens (tertiary/aromatic N) is 2. The molecule has 116 valence electrons. The molecular weight excluding hydrogens is 252 g/mol. The molecule has 0 aromatic heterocycles. The molecule has 5 nitrogen and oxygen atoms in total. The highest BCUT2D eigenvalue weighted by atomic mass is 16.2. The number of rotatable bonds is 7. The first-order chi connectivity index (χ1) is 9.58. The van der Waals surface area contributed by atoms with E-state index in [0.29, 0.717) is 17.9 Å². The zero-order valence-electron chi connectivity index (χ0n) is 13.4. The SMILES string of the molecule is CCC(CCNC(=NC)NCC(C)C)N1CCCC1=O. The van der Waals surface area contributed by atoms with Gasteiger partial charge in [-0.15, -0.1) is 0 Å². The number of amides is 1. The lowest BCUT2D eigenvalue weighted by molar-refractivity contribution is -0.129. The summed E-state index contributed by atoms with van der Waals surface area (Å²) in [6.45, 7) is 9.19. The van der Waals surface area contributed by atoms with E-state index in [2.05, 4.69) is 36.4 Å². The molecule has 1 atom stereocenters. The Bertz CT molecular complexity index is 328. The van der Waals surface area contributed by atoms with Crippen LogP contribution in [0.15, 0.2) is 4.99 Å². The van der Waals surface area contributed by atoms with Gasteiger partial charge in [0.1, 0.15) is 0 Å². The van der Waals surface area contributed by atoms with E-state index in [1.165, 1.54) is 0 Å². The minimum atomic E-state index is 0.319. The Hall–Kier alpha value is -1.26. The van der Waals surface area contributed by atoms with E-state index in [1.807, 2.05) is 4.90 Å². The maximum atomic E-state index is 11.8. The van der Waals surface area contributed by atoms with Gasteiger partial charge in [-0.25, -0.2) is 0 Å². The summed E-state index contributed by atoms with van der Waals surface area (Å²) in [6.07, 6.45) is 3.73. The van der Waals surface area contributed by atoms with Crippen molar-refractivity contribution in [2.45, 2.75) is 52.5 Å².